The van der Waals surface area contributed by atoms with Crippen molar-refractivity contribution in [3.63, 3.8) is 0 Å². The van der Waals surface area contributed by atoms with Crippen LogP contribution in [0.5, 0.6) is 5.75 Å². The highest BCUT2D eigenvalue weighted by Crippen LogP contribution is 2.24. The van der Waals surface area contributed by atoms with Crippen molar-refractivity contribution < 1.29 is 22.7 Å². The maximum absolute atomic E-state index is 13.9. The number of ether oxygens (including phenoxy) is 1. The molecule has 0 radical (unpaired) electrons. The van der Waals surface area contributed by atoms with E-state index in [-0.39, 0.29) is 31.3 Å². The second kappa shape index (κ2) is 15.2. The molecule has 0 spiro atoms. The molecule has 0 heterocycles. The van der Waals surface area contributed by atoms with Gasteiger partial charge in [0.1, 0.15) is 11.8 Å². The maximum Gasteiger partial charge on any atom is 0.243 e. The van der Waals surface area contributed by atoms with Crippen molar-refractivity contribution in [3.05, 3.63) is 95.6 Å². The van der Waals surface area contributed by atoms with Gasteiger partial charge in [0.05, 0.1) is 19.1 Å². The van der Waals surface area contributed by atoms with Crippen LogP contribution < -0.4 is 14.4 Å². The van der Waals surface area contributed by atoms with Gasteiger partial charge in [0.15, 0.2) is 0 Å². The van der Waals surface area contributed by atoms with Crippen LogP contribution in [0.25, 0.3) is 0 Å². The minimum Gasteiger partial charge on any atom is -0.497 e. The van der Waals surface area contributed by atoms with Crippen LogP contribution in [0.15, 0.2) is 78.9 Å². The number of sulfonamides is 1. The van der Waals surface area contributed by atoms with E-state index in [1.165, 1.54) is 10.6 Å². The van der Waals surface area contributed by atoms with Crippen LogP contribution in [-0.2, 0) is 32.6 Å². The third kappa shape index (κ3) is 9.35. The van der Waals surface area contributed by atoms with Crippen molar-refractivity contribution in [2.24, 2.45) is 0 Å². The van der Waals surface area contributed by atoms with Crippen LogP contribution in [0.2, 0.25) is 0 Å². The normalized spacial score (nSPS) is 11.9. The van der Waals surface area contributed by atoms with Crippen molar-refractivity contribution in [1.29, 1.82) is 0 Å². The van der Waals surface area contributed by atoms with Gasteiger partial charge in [-0.2, -0.15) is 0 Å². The van der Waals surface area contributed by atoms with E-state index < -0.39 is 16.1 Å². The Morgan fingerprint density at radius 2 is 1.63 bits per heavy atom. The molecule has 220 valence electrons. The zero-order valence-corrected chi connectivity index (χ0v) is 25.2. The molecule has 0 fully saturated rings. The molecule has 41 heavy (non-hydrogen) atoms. The van der Waals surface area contributed by atoms with E-state index in [1.54, 1.807) is 24.1 Å². The maximum atomic E-state index is 13.9. The molecule has 3 aromatic rings. The summed E-state index contributed by atoms with van der Waals surface area (Å²) in [7, 11) is -1.98. The number of para-hydroxylation sites is 1. The summed E-state index contributed by atoms with van der Waals surface area (Å²) in [6.45, 7) is 4.70. The number of hydrogen-bond donors (Lipinski definition) is 1. The van der Waals surface area contributed by atoms with Crippen LogP contribution in [0.1, 0.15) is 42.9 Å². The van der Waals surface area contributed by atoms with Crippen molar-refractivity contribution in [1.82, 2.24) is 10.2 Å². The van der Waals surface area contributed by atoms with Crippen molar-refractivity contribution in [2.75, 3.05) is 30.8 Å². The highest BCUT2D eigenvalue weighted by Gasteiger charge is 2.30. The van der Waals surface area contributed by atoms with Gasteiger partial charge in [0.2, 0.25) is 21.8 Å². The molecule has 0 saturated carbocycles. The standard InChI is InChI=1S/C32H41N3O5S/c1-5-20-33-32(37)30(23-26-14-7-6-8-15-26)34(24-27-16-11-17-28(22-27)40-3)31(36)19-12-21-35(41(4,38)39)29-18-10-9-13-25(29)2/h6-11,13-18,22,30H,5,12,19-21,23-24H2,1-4H3,(H,33,37). The number of nitrogens with zero attached hydrogens (tertiary/aromatic N) is 2. The third-order valence-corrected chi connectivity index (χ3v) is 8.02. The van der Waals surface area contributed by atoms with E-state index in [9.17, 15) is 18.0 Å². The van der Waals surface area contributed by atoms with Gasteiger partial charge >= 0.3 is 0 Å². The summed E-state index contributed by atoms with van der Waals surface area (Å²) in [6.07, 6.45) is 2.67. The quantitative estimate of drug-likeness (QED) is 0.281. The van der Waals surface area contributed by atoms with Crippen molar-refractivity contribution >= 4 is 27.5 Å². The Hall–Kier alpha value is -3.85. The number of carbonyl (C=O) groups excluding carboxylic acids is 2. The van der Waals surface area contributed by atoms with Crippen LogP contribution in [0.4, 0.5) is 5.69 Å². The topological polar surface area (TPSA) is 96.0 Å². The summed E-state index contributed by atoms with van der Waals surface area (Å²) in [6, 6.07) is 23.6. The molecule has 9 heteroatoms. The Morgan fingerprint density at radius 3 is 2.29 bits per heavy atom. The van der Waals surface area contributed by atoms with Crippen LogP contribution in [0, 0.1) is 6.92 Å². The summed E-state index contributed by atoms with van der Waals surface area (Å²) < 4.78 is 32.1. The van der Waals surface area contributed by atoms with E-state index in [4.69, 9.17) is 4.74 Å². The average molecular weight is 580 g/mol. The number of rotatable bonds is 15. The Kier molecular flexibility index (Phi) is 11.8. The van der Waals surface area contributed by atoms with Crippen molar-refractivity contribution in [2.45, 2.75) is 52.1 Å². The molecule has 0 aliphatic rings. The van der Waals surface area contributed by atoms with Crippen LogP contribution in [0.3, 0.4) is 0 Å². The average Bonchev–Trinajstić information content (AvgIpc) is 2.96. The molecule has 8 nitrogen and oxygen atoms in total. The Bertz CT molecular complexity index is 1400. The number of amides is 2. The number of aryl methyl sites for hydroxylation is 1. The van der Waals surface area contributed by atoms with E-state index >= 15 is 0 Å². The Balaban J connectivity index is 1.89. The fourth-order valence-electron chi connectivity index (χ4n) is 4.71. The first-order chi connectivity index (χ1) is 19.6. The van der Waals surface area contributed by atoms with Gasteiger partial charge in [-0.15, -0.1) is 0 Å². The van der Waals surface area contributed by atoms with Crippen LogP contribution in [-0.4, -0.2) is 57.6 Å². The van der Waals surface area contributed by atoms with E-state index in [2.05, 4.69) is 5.32 Å². The lowest BCUT2D eigenvalue weighted by Crippen LogP contribution is -2.50. The summed E-state index contributed by atoms with van der Waals surface area (Å²) >= 11 is 0. The number of nitrogens with one attached hydrogen (secondary N) is 1. The smallest absolute Gasteiger partial charge is 0.243 e. The molecule has 0 aromatic heterocycles. The highest BCUT2D eigenvalue weighted by molar-refractivity contribution is 7.92. The van der Waals surface area contributed by atoms with Crippen molar-refractivity contribution in [3.8, 4) is 5.75 Å². The second-order valence-corrected chi connectivity index (χ2v) is 12.0. The lowest BCUT2D eigenvalue weighted by atomic mass is 10.0. The molecule has 1 atom stereocenters. The predicted octanol–water partition coefficient (Wildman–Crippen LogP) is 4.72. The van der Waals surface area contributed by atoms with Gasteiger partial charge < -0.3 is 15.0 Å². The first kappa shape index (κ1) is 31.7. The molecule has 3 rings (SSSR count). The number of benzene rings is 3. The molecular weight excluding hydrogens is 538 g/mol. The summed E-state index contributed by atoms with van der Waals surface area (Å²) in [5.41, 5.74) is 3.20. The molecule has 2 amide bonds. The van der Waals surface area contributed by atoms with Gasteiger partial charge in [-0.1, -0.05) is 67.6 Å². The summed E-state index contributed by atoms with van der Waals surface area (Å²) in [5, 5.41) is 2.97. The van der Waals surface area contributed by atoms with E-state index in [0.29, 0.717) is 30.8 Å². The van der Waals surface area contributed by atoms with E-state index in [0.717, 1.165) is 23.1 Å². The molecule has 1 unspecified atom stereocenters. The lowest BCUT2D eigenvalue weighted by molar-refractivity contribution is -0.141. The minimum absolute atomic E-state index is 0.0776. The first-order valence-electron chi connectivity index (χ1n) is 13.9. The molecule has 3 aromatic carbocycles. The zero-order chi connectivity index (χ0) is 29.8. The summed E-state index contributed by atoms with van der Waals surface area (Å²) in [5.74, 6) is 0.218. The monoisotopic (exact) mass is 579 g/mol. The third-order valence-electron chi connectivity index (χ3n) is 6.84. The fraction of sp³-hybridized carbons (Fsp3) is 0.375. The van der Waals surface area contributed by atoms with Gasteiger partial charge in [-0.3, -0.25) is 13.9 Å². The number of anilines is 1. The van der Waals surface area contributed by atoms with Crippen LogP contribution >= 0.6 is 0 Å². The SMILES string of the molecule is CCCNC(=O)C(Cc1ccccc1)N(Cc1cccc(OC)c1)C(=O)CCCN(c1ccccc1C)S(C)(=O)=O. The highest BCUT2D eigenvalue weighted by atomic mass is 32.2. The Labute approximate surface area is 244 Å². The zero-order valence-electron chi connectivity index (χ0n) is 24.4. The largest absolute Gasteiger partial charge is 0.497 e. The molecule has 1 N–H and O–H groups in total. The molecule has 0 saturated heterocycles. The van der Waals surface area contributed by atoms with Gasteiger partial charge in [-0.25, -0.2) is 8.42 Å². The number of methoxy groups -OCH3 is 1. The molecule has 0 aliphatic carbocycles. The van der Waals surface area contributed by atoms with Gasteiger partial charge in [-0.05, 0) is 54.7 Å². The molecular formula is C32H41N3O5S. The minimum atomic E-state index is -3.57. The van der Waals surface area contributed by atoms with Gasteiger partial charge in [0, 0.05) is 32.5 Å². The fourth-order valence-corrected chi connectivity index (χ4v) is 5.74. The predicted molar refractivity (Wildman–Crippen MR) is 163 cm³/mol. The van der Waals surface area contributed by atoms with E-state index in [1.807, 2.05) is 80.6 Å². The number of hydrogen-bond acceptors (Lipinski definition) is 5. The lowest BCUT2D eigenvalue weighted by Gasteiger charge is -2.32. The molecule has 0 bridgehead atoms. The summed E-state index contributed by atoms with van der Waals surface area (Å²) in [4.78, 5) is 29.0. The second-order valence-electron chi connectivity index (χ2n) is 10.1. The first-order valence-corrected chi connectivity index (χ1v) is 15.8. The number of carbonyl (C=O) groups is 2. The van der Waals surface area contributed by atoms with Gasteiger partial charge in [0.25, 0.3) is 0 Å². The molecule has 0 aliphatic heterocycles. The Morgan fingerprint density at radius 1 is 0.951 bits per heavy atom.